The highest BCUT2D eigenvalue weighted by atomic mass is 79.9. The van der Waals surface area contributed by atoms with Crippen LogP contribution in [0.5, 0.6) is 0 Å². The minimum atomic E-state index is -0.0948. The molecule has 0 aromatic heterocycles. The van der Waals surface area contributed by atoms with E-state index in [-0.39, 0.29) is 23.7 Å². The van der Waals surface area contributed by atoms with E-state index in [0.29, 0.717) is 11.6 Å². The lowest BCUT2D eigenvalue weighted by atomic mass is 10.00. The molecule has 1 saturated carbocycles. The molecule has 1 aliphatic heterocycles. The second kappa shape index (κ2) is 4.44. The van der Waals surface area contributed by atoms with Crippen molar-refractivity contribution in [3.8, 4) is 0 Å². The van der Waals surface area contributed by atoms with Crippen LogP contribution in [-0.2, 0) is 9.59 Å². The van der Waals surface area contributed by atoms with Gasteiger partial charge < -0.3 is 0 Å². The van der Waals surface area contributed by atoms with Crippen LogP contribution in [0.3, 0.4) is 0 Å². The number of anilines is 1. The van der Waals surface area contributed by atoms with E-state index in [4.69, 9.17) is 0 Å². The summed E-state index contributed by atoms with van der Waals surface area (Å²) >= 11 is 3.45. The molecule has 0 bridgehead atoms. The summed E-state index contributed by atoms with van der Waals surface area (Å²) in [4.78, 5) is 26.2. The van der Waals surface area contributed by atoms with Crippen molar-refractivity contribution in [2.45, 2.75) is 26.7 Å². The SMILES string of the molecule is Cc1ccc(N2C(=O)C3CC(C)CC3C2=O)cc1Br. The molecule has 1 heterocycles. The number of hydrogen-bond acceptors (Lipinski definition) is 2. The number of halogens is 1. The zero-order chi connectivity index (χ0) is 13.7. The van der Waals surface area contributed by atoms with E-state index in [1.54, 1.807) is 0 Å². The number of amides is 2. The van der Waals surface area contributed by atoms with Gasteiger partial charge in [-0.1, -0.05) is 28.9 Å². The fourth-order valence-electron chi connectivity index (χ4n) is 3.25. The van der Waals surface area contributed by atoms with Crippen molar-refractivity contribution in [3.05, 3.63) is 28.2 Å². The van der Waals surface area contributed by atoms with Gasteiger partial charge in [0.15, 0.2) is 0 Å². The Labute approximate surface area is 121 Å². The van der Waals surface area contributed by atoms with Crippen LogP contribution in [0.2, 0.25) is 0 Å². The molecule has 1 aliphatic carbocycles. The quantitative estimate of drug-likeness (QED) is 0.744. The Morgan fingerprint density at radius 3 is 2.26 bits per heavy atom. The predicted molar refractivity (Wildman–Crippen MR) is 76.8 cm³/mol. The summed E-state index contributed by atoms with van der Waals surface area (Å²) in [7, 11) is 0. The molecule has 1 saturated heterocycles. The second-order valence-corrected chi connectivity index (χ2v) is 6.59. The third-order valence-corrected chi connectivity index (χ3v) is 5.14. The molecule has 2 atom stereocenters. The van der Waals surface area contributed by atoms with Gasteiger partial charge in [-0.15, -0.1) is 0 Å². The molecule has 3 rings (SSSR count). The molecule has 2 fully saturated rings. The summed E-state index contributed by atoms with van der Waals surface area (Å²) < 4.78 is 0.927. The van der Waals surface area contributed by atoms with E-state index in [1.807, 2.05) is 25.1 Å². The topological polar surface area (TPSA) is 37.4 Å². The summed E-state index contributed by atoms with van der Waals surface area (Å²) in [6.07, 6.45) is 1.69. The number of benzene rings is 1. The number of nitrogens with zero attached hydrogens (tertiary/aromatic N) is 1. The smallest absolute Gasteiger partial charge is 0.237 e. The lowest BCUT2D eigenvalue weighted by Gasteiger charge is -2.17. The van der Waals surface area contributed by atoms with Gasteiger partial charge in [-0.3, -0.25) is 14.5 Å². The van der Waals surface area contributed by atoms with Crippen LogP contribution in [-0.4, -0.2) is 11.8 Å². The molecule has 0 N–H and O–H groups in total. The molecule has 2 aliphatic rings. The lowest BCUT2D eigenvalue weighted by molar-refractivity contribution is -0.123. The third-order valence-electron chi connectivity index (χ3n) is 4.29. The van der Waals surface area contributed by atoms with Crippen LogP contribution in [0.1, 0.15) is 25.3 Å². The molecule has 100 valence electrons. The van der Waals surface area contributed by atoms with E-state index in [9.17, 15) is 9.59 Å². The molecule has 0 spiro atoms. The van der Waals surface area contributed by atoms with Crippen molar-refractivity contribution in [2.24, 2.45) is 17.8 Å². The van der Waals surface area contributed by atoms with Crippen LogP contribution in [0, 0.1) is 24.7 Å². The fraction of sp³-hybridized carbons (Fsp3) is 0.467. The summed E-state index contributed by atoms with van der Waals surface area (Å²) in [6.45, 7) is 4.10. The first-order valence-corrected chi connectivity index (χ1v) is 7.42. The van der Waals surface area contributed by atoms with E-state index in [0.717, 1.165) is 22.9 Å². The third kappa shape index (κ3) is 1.93. The minimum absolute atomic E-state index is 0.0184. The standard InChI is InChI=1S/C15H16BrNO2/c1-8-5-11-12(6-8)15(19)17(14(11)18)10-4-3-9(2)13(16)7-10/h3-4,7-8,11-12H,5-6H2,1-2H3. The number of carbonyl (C=O) groups excluding carboxylic acids is 2. The summed E-state index contributed by atoms with van der Waals surface area (Å²) in [5, 5.41) is 0. The van der Waals surface area contributed by atoms with Crippen LogP contribution < -0.4 is 4.90 Å². The van der Waals surface area contributed by atoms with Gasteiger partial charge in [0, 0.05) is 4.47 Å². The maximum Gasteiger partial charge on any atom is 0.237 e. The van der Waals surface area contributed by atoms with E-state index in [1.165, 1.54) is 4.90 Å². The van der Waals surface area contributed by atoms with Gasteiger partial charge in [0.25, 0.3) is 0 Å². The van der Waals surface area contributed by atoms with Crippen molar-refractivity contribution >= 4 is 33.4 Å². The van der Waals surface area contributed by atoms with Crippen molar-refractivity contribution < 1.29 is 9.59 Å². The number of hydrogen-bond donors (Lipinski definition) is 0. The number of aryl methyl sites for hydroxylation is 1. The highest BCUT2D eigenvalue weighted by Gasteiger charge is 2.52. The molecular formula is C15H16BrNO2. The summed E-state index contributed by atoms with van der Waals surface area (Å²) in [6, 6.07) is 5.63. The Morgan fingerprint density at radius 1 is 1.16 bits per heavy atom. The Hall–Kier alpha value is -1.16. The van der Waals surface area contributed by atoms with Crippen molar-refractivity contribution in [2.75, 3.05) is 4.90 Å². The first-order valence-electron chi connectivity index (χ1n) is 6.63. The summed E-state index contributed by atoms with van der Waals surface area (Å²) in [5.74, 6) is 0.255. The first kappa shape index (κ1) is 12.9. The molecular weight excluding hydrogens is 306 g/mol. The largest absolute Gasteiger partial charge is 0.274 e. The molecule has 1 aromatic rings. The number of rotatable bonds is 1. The normalized spacial score (nSPS) is 30.1. The van der Waals surface area contributed by atoms with Gasteiger partial charge in [-0.2, -0.15) is 0 Å². The van der Waals surface area contributed by atoms with Crippen molar-refractivity contribution in [3.63, 3.8) is 0 Å². The monoisotopic (exact) mass is 321 g/mol. The molecule has 3 nitrogen and oxygen atoms in total. The molecule has 19 heavy (non-hydrogen) atoms. The van der Waals surface area contributed by atoms with Crippen LogP contribution >= 0.6 is 15.9 Å². The van der Waals surface area contributed by atoms with Gasteiger partial charge >= 0.3 is 0 Å². The van der Waals surface area contributed by atoms with Crippen LogP contribution in [0.15, 0.2) is 22.7 Å². The minimum Gasteiger partial charge on any atom is -0.274 e. The highest BCUT2D eigenvalue weighted by Crippen LogP contribution is 2.44. The van der Waals surface area contributed by atoms with Crippen LogP contribution in [0.25, 0.3) is 0 Å². The fourth-order valence-corrected chi connectivity index (χ4v) is 3.62. The van der Waals surface area contributed by atoms with Crippen molar-refractivity contribution in [1.82, 2.24) is 0 Å². The van der Waals surface area contributed by atoms with Crippen LogP contribution in [0.4, 0.5) is 5.69 Å². The maximum atomic E-state index is 12.4. The number of imide groups is 1. The molecule has 2 unspecified atom stereocenters. The number of carbonyl (C=O) groups is 2. The molecule has 2 amide bonds. The highest BCUT2D eigenvalue weighted by molar-refractivity contribution is 9.10. The lowest BCUT2D eigenvalue weighted by Crippen LogP contribution is -2.32. The molecule has 1 aromatic carbocycles. The molecule has 0 radical (unpaired) electrons. The zero-order valence-corrected chi connectivity index (χ0v) is 12.6. The van der Waals surface area contributed by atoms with Gasteiger partial charge in [0.2, 0.25) is 11.8 Å². The zero-order valence-electron chi connectivity index (χ0n) is 11.0. The molecule has 4 heteroatoms. The van der Waals surface area contributed by atoms with Crippen molar-refractivity contribution in [1.29, 1.82) is 0 Å². The van der Waals surface area contributed by atoms with E-state index in [2.05, 4.69) is 22.9 Å². The van der Waals surface area contributed by atoms with Gasteiger partial charge in [-0.05, 0) is 43.4 Å². The van der Waals surface area contributed by atoms with Gasteiger partial charge in [-0.25, -0.2) is 0 Å². The Bertz CT molecular complexity index is 545. The second-order valence-electron chi connectivity index (χ2n) is 5.73. The van der Waals surface area contributed by atoms with Gasteiger partial charge in [0.05, 0.1) is 17.5 Å². The Morgan fingerprint density at radius 2 is 1.74 bits per heavy atom. The Balaban J connectivity index is 1.96. The first-order chi connectivity index (χ1) is 8.99. The summed E-state index contributed by atoms with van der Waals surface area (Å²) in [5.41, 5.74) is 1.78. The predicted octanol–water partition coefficient (Wildman–Crippen LogP) is 3.29. The Kier molecular flexibility index (Phi) is 3.01. The number of fused-ring (bicyclic) bond motifs is 1. The average Bonchev–Trinajstić information content (AvgIpc) is 2.84. The maximum absolute atomic E-state index is 12.4. The van der Waals surface area contributed by atoms with E-state index >= 15 is 0 Å². The van der Waals surface area contributed by atoms with Gasteiger partial charge in [0.1, 0.15) is 0 Å². The average molecular weight is 322 g/mol. The van der Waals surface area contributed by atoms with E-state index < -0.39 is 0 Å².